The summed E-state index contributed by atoms with van der Waals surface area (Å²) in [7, 11) is 0. The van der Waals surface area contributed by atoms with Crippen molar-refractivity contribution in [2.24, 2.45) is 11.8 Å². The largest absolute Gasteiger partial charge is 0.348 e. The summed E-state index contributed by atoms with van der Waals surface area (Å²) in [6.07, 6.45) is 1.87. The van der Waals surface area contributed by atoms with E-state index in [9.17, 15) is 14.4 Å². The van der Waals surface area contributed by atoms with Gasteiger partial charge >= 0.3 is 0 Å². The van der Waals surface area contributed by atoms with Gasteiger partial charge in [0.2, 0.25) is 11.8 Å². The maximum atomic E-state index is 12.4. The van der Waals surface area contributed by atoms with Gasteiger partial charge in [-0.15, -0.1) is 0 Å². The van der Waals surface area contributed by atoms with Crippen LogP contribution < -0.4 is 16.0 Å². The van der Waals surface area contributed by atoms with Crippen molar-refractivity contribution in [3.63, 3.8) is 0 Å². The van der Waals surface area contributed by atoms with E-state index in [1.54, 1.807) is 24.3 Å². The normalized spacial score (nSPS) is 13.1. The second-order valence-electron chi connectivity index (χ2n) is 7.37. The Balaban J connectivity index is 1.53. The summed E-state index contributed by atoms with van der Waals surface area (Å²) in [6.45, 7) is 4.05. The molecule has 0 spiro atoms. The van der Waals surface area contributed by atoms with Gasteiger partial charge in [-0.25, -0.2) is 0 Å². The monoisotopic (exact) mass is 379 g/mol. The molecular formula is C22H25N3O3. The minimum atomic E-state index is -0.209. The first-order valence-electron chi connectivity index (χ1n) is 9.51. The Kier molecular flexibility index (Phi) is 6.09. The molecule has 3 N–H and O–H groups in total. The van der Waals surface area contributed by atoms with Crippen molar-refractivity contribution < 1.29 is 14.4 Å². The third-order valence-electron chi connectivity index (χ3n) is 4.54. The van der Waals surface area contributed by atoms with E-state index in [1.807, 2.05) is 38.1 Å². The zero-order chi connectivity index (χ0) is 20.1. The fraction of sp³-hybridized carbons (Fsp3) is 0.318. The van der Waals surface area contributed by atoms with Gasteiger partial charge in [-0.3, -0.25) is 14.4 Å². The molecule has 2 aromatic carbocycles. The van der Waals surface area contributed by atoms with Gasteiger partial charge in [0.1, 0.15) is 0 Å². The molecule has 1 aliphatic rings. The van der Waals surface area contributed by atoms with E-state index in [0.717, 1.165) is 24.1 Å². The van der Waals surface area contributed by atoms with Crippen molar-refractivity contribution in [3.8, 4) is 0 Å². The Hall–Kier alpha value is -3.15. The summed E-state index contributed by atoms with van der Waals surface area (Å²) in [5, 5.41) is 8.55. The molecule has 1 aliphatic carbocycles. The number of carbonyl (C=O) groups excluding carboxylic acids is 3. The molecule has 1 fully saturated rings. The van der Waals surface area contributed by atoms with Gasteiger partial charge in [0.05, 0.1) is 0 Å². The lowest BCUT2D eigenvalue weighted by Gasteiger charge is -2.10. The predicted octanol–water partition coefficient (Wildman–Crippen LogP) is 3.56. The fourth-order valence-electron chi connectivity index (χ4n) is 2.60. The molecular weight excluding hydrogens is 354 g/mol. The van der Waals surface area contributed by atoms with Crippen LogP contribution in [0.5, 0.6) is 0 Å². The Morgan fingerprint density at radius 2 is 1.68 bits per heavy atom. The second-order valence-corrected chi connectivity index (χ2v) is 7.37. The minimum absolute atomic E-state index is 0.0159. The van der Waals surface area contributed by atoms with Crippen LogP contribution in [-0.4, -0.2) is 17.7 Å². The summed E-state index contributed by atoms with van der Waals surface area (Å²) in [6, 6.07) is 14.3. The standard InChI is InChI=1S/C22H25N3O3/c1-14(2)20(26)24-18-10-6-15(7-11-18)13-23-21(27)17-4-3-5-19(12-17)25-22(28)16-8-9-16/h3-7,10-12,14,16H,8-9,13H2,1-2H3,(H,23,27)(H,24,26)(H,25,28). The highest BCUT2D eigenvalue weighted by molar-refractivity contribution is 5.98. The Bertz CT molecular complexity index is 871. The van der Waals surface area contributed by atoms with E-state index >= 15 is 0 Å². The Morgan fingerprint density at radius 3 is 2.32 bits per heavy atom. The highest BCUT2D eigenvalue weighted by Crippen LogP contribution is 2.30. The Morgan fingerprint density at radius 1 is 0.964 bits per heavy atom. The summed E-state index contributed by atoms with van der Waals surface area (Å²) >= 11 is 0. The first-order chi connectivity index (χ1) is 13.4. The number of carbonyl (C=O) groups is 3. The van der Waals surface area contributed by atoms with E-state index in [1.165, 1.54) is 0 Å². The number of hydrogen-bond acceptors (Lipinski definition) is 3. The first kappa shape index (κ1) is 19.6. The SMILES string of the molecule is CC(C)C(=O)Nc1ccc(CNC(=O)c2cccc(NC(=O)C3CC3)c2)cc1. The number of amides is 3. The lowest BCUT2D eigenvalue weighted by molar-refractivity contribution is -0.119. The Labute approximate surface area is 164 Å². The van der Waals surface area contributed by atoms with Crippen LogP contribution in [0, 0.1) is 11.8 Å². The molecule has 0 bridgehead atoms. The number of nitrogens with one attached hydrogen (secondary N) is 3. The predicted molar refractivity (Wildman–Crippen MR) is 109 cm³/mol. The van der Waals surface area contributed by atoms with Crippen LogP contribution in [0.25, 0.3) is 0 Å². The quantitative estimate of drug-likeness (QED) is 0.687. The first-order valence-corrected chi connectivity index (χ1v) is 9.51. The van der Waals surface area contributed by atoms with Crippen LogP contribution >= 0.6 is 0 Å². The smallest absolute Gasteiger partial charge is 0.251 e. The molecule has 3 amide bonds. The van der Waals surface area contributed by atoms with Crippen molar-refractivity contribution in [1.29, 1.82) is 0 Å². The van der Waals surface area contributed by atoms with Gasteiger partial charge in [-0.1, -0.05) is 32.0 Å². The molecule has 0 aliphatic heterocycles. The van der Waals surface area contributed by atoms with Crippen LogP contribution in [0.15, 0.2) is 48.5 Å². The molecule has 6 heteroatoms. The molecule has 0 aromatic heterocycles. The molecule has 3 rings (SSSR count). The summed E-state index contributed by atoms with van der Waals surface area (Å²) < 4.78 is 0. The number of anilines is 2. The van der Waals surface area contributed by atoms with Crippen LogP contribution in [0.2, 0.25) is 0 Å². The van der Waals surface area contributed by atoms with Crippen molar-refractivity contribution in [1.82, 2.24) is 5.32 Å². The maximum Gasteiger partial charge on any atom is 0.251 e. The summed E-state index contributed by atoms with van der Waals surface area (Å²) in [4.78, 5) is 36.0. The van der Waals surface area contributed by atoms with Crippen LogP contribution in [-0.2, 0) is 16.1 Å². The molecule has 2 aromatic rings. The second kappa shape index (κ2) is 8.69. The number of hydrogen-bond donors (Lipinski definition) is 3. The van der Waals surface area contributed by atoms with E-state index in [4.69, 9.17) is 0 Å². The lowest BCUT2D eigenvalue weighted by atomic mass is 10.1. The van der Waals surface area contributed by atoms with Crippen molar-refractivity contribution in [2.45, 2.75) is 33.2 Å². The van der Waals surface area contributed by atoms with Gasteiger partial charge < -0.3 is 16.0 Å². The van der Waals surface area contributed by atoms with Gasteiger partial charge in [-0.05, 0) is 48.7 Å². The topological polar surface area (TPSA) is 87.3 Å². The molecule has 0 saturated heterocycles. The zero-order valence-corrected chi connectivity index (χ0v) is 16.1. The third kappa shape index (κ3) is 5.42. The van der Waals surface area contributed by atoms with Gasteiger partial charge in [0.25, 0.3) is 5.91 Å². The summed E-state index contributed by atoms with van der Waals surface area (Å²) in [5.41, 5.74) is 2.78. The minimum Gasteiger partial charge on any atom is -0.348 e. The maximum absolute atomic E-state index is 12.4. The number of rotatable bonds is 7. The molecule has 28 heavy (non-hydrogen) atoms. The molecule has 0 heterocycles. The summed E-state index contributed by atoms with van der Waals surface area (Å²) in [5.74, 6) is -0.189. The molecule has 0 unspecified atom stereocenters. The van der Waals surface area contributed by atoms with Crippen molar-refractivity contribution in [2.75, 3.05) is 10.6 Å². The van der Waals surface area contributed by atoms with Crippen molar-refractivity contribution >= 4 is 29.1 Å². The average molecular weight is 379 g/mol. The third-order valence-corrected chi connectivity index (χ3v) is 4.54. The fourth-order valence-corrected chi connectivity index (χ4v) is 2.60. The molecule has 0 atom stereocenters. The highest BCUT2D eigenvalue weighted by Gasteiger charge is 2.29. The average Bonchev–Trinajstić information content (AvgIpc) is 3.52. The highest BCUT2D eigenvalue weighted by atomic mass is 16.2. The molecule has 6 nitrogen and oxygen atoms in total. The number of benzene rings is 2. The molecule has 0 radical (unpaired) electrons. The molecule has 1 saturated carbocycles. The van der Waals surface area contributed by atoms with Gasteiger partial charge in [0.15, 0.2) is 0 Å². The van der Waals surface area contributed by atoms with Crippen LogP contribution in [0.3, 0.4) is 0 Å². The van der Waals surface area contributed by atoms with E-state index in [2.05, 4.69) is 16.0 Å². The van der Waals surface area contributed by atoms with E-state index < -0.39 is 0 Å². The van der Waals surface area contributed by atoms with Gasteiger partial charge in [0, 0.05) is 35.3 Å². The van der Waals surface area contributed by atoms with Crippen molar-refractivity contribution in [3.05, 3.63) is 59.7 Å². The van der Waals surface area contributed by atoms with E-state index in [-0.39, 0.29) is 29.6 Å². The van der Waals surface area contributed by atoms with Gasteiger partial charge in [-0.2, -0.15) is 0 Å². The molecule has 146 valence electrons. The van der Waals surface area contributed by atoms with Crippen LogP contribution in [0.1, 0.15) is 42.6 Å². The lowest BCUT2D eigenvalue weighted by Crippen LogP contribution is -2.23. The zero-order valence-electron chi connectivity index (χ0n) is 16.1. The van der Waals surface area contributed by atoms with Crippen LogP contribution in [0.4, 0.5) is 11.4 Å². The van der Waals surface area contributed by atoms with E-state index in [0.29, 0.717) is 17.8 Å².